The van der Waals surface area contributed by atoms with Crippen LogP contribution in [0.2, 0.25) is 10.0 Å². The lowest BCUT2D eigenvalue weighted by molar-refractivity contribution is -0.120. The Balaban J connectivity index is 2.04. The van der Waals surface area contributed by atoms with Crippen molar-refractivity contribution >= 4 is 34.8 Å². The van der Waals surface area contributed by atoms with Crippen molar-refractivity contribution in [1.82, 2.24) is 4.90 Å². The summed E-state index contributed by atoms with van der Waals surface area (Å²) in [6, 6.07) is 8.93. The predicted octanol–water partition coefficient (Wildman–Crippen LogP) is 5.06. The third-order valence-corrected chi connectivity index (χ3v) is 4.48. The highest BCUT2D eigenvalue weighted by molar-refractivity contribution is 6.35. The Morgan fingerprint density at radius 1 is 1.14 bits per heavy atom. The molecule has 0 saturated heterocycles. The molecular formula is C19H20Cl2F2N2O3. The summed E-state index contributed by atoms with van der Waals surface area (Å²) in [5.41, 5.74) is 1.27. The smallest absolute Gasteiger partial charge is 0.387 e. The summed E-state index contributed by atoms with van der Waals surface area (Å²) in [6.07, 6.45) is 0. The van der Waals surface area contributed by atoms with Crippen LogP contribution in [-0.4, -0.2) is 37.6 Å². The number of rotatable bonds is 8. The van der Waals surface area contributed by atoms with Crippen molar-refractivity contribution in [3.63, 3.8) is 0 Å². The zero-order chi connectivity index (χ0) is 20.8. The molecule has 0 aromatic heterocycles. The largest absolute Gasteiger partial charge is 0.493 e. The molecular weight excluding hydrogens is 413 g/mol. The summed E-state index contributed by atoms with van der Waals surface area (Å²) in [5.74, 6) is -0.102. The molecule has 1 atom stereocenters. The highest BCUT2D eigenvalue weighted by Crippen LogP contribution is 2.30. The number of hydrogen-bond acceptors (Lipinski definition) is 4. The molecule has 2 rings (SSSR count). The van der Waals surface area contributed by atoms with Crippen LogP contribution < -0.4 is 14.8 Å². The number of amides is 1. The van der Waals surface area contributed by atoms with Crippen LogP contribution in [0.25, 0.3) is 0 Å². The summed E-state index contributed by atoms with van der Waals surface area (Å²) in [4.78, 5) is 14.3. The lowest BCUT2D eigenvalue weighted by Crippen LogP contribution is -2.39. The number of hydrogen-bond donors (Lipinski definition) is 1. The minimum atomic E-state index is -2.94. The van der Waals surface area contributed by atoms with E-state index in [1.807, 2.05) is 0 Å². The second-order valence-corrected chi connectivity index (χ2v) is 6.98. The van der Waals surface area contributed by atoms with Crippen LogP contribution in [-0.2, 0) is 11.3 Å². The lowest BCUT2D eigenvalue weighted by atomic mass is 10.1. The van der Waals surface area contributed by atoms with Crippen molar-refractivity contribution in [3.05, 3.63) is 52.0 Å². The first kappa shape index (κ1) is 22.2. The lowest BCUT2D eigenvalue weighted by Gasteiger charge is -2.24. The van der Waals surface area contributed by atoms with Gasteiger partial charge in [0.2, 0.25) is 5.91 Å². The fourth-order valence-corrected chi connectivity index (χ4v) is 3.03. The number of anilines is 1. The van der Waals surface area contributed by atoms with Crippen LogP contribution in [0.15, 0.2) is 36.4 Å². The van der Waals surface area contributed by atoms with Gasteiger partial charge >= 0.3 is 6.61 Å². The molecule has 0 heterocycles. The molecule has 152 valence electrons. The van der Waals surface area contributed by atoms with E-state index in [1.165, 1.54) is 13.2 Å². The summed E-state index contributed by atoms with van der Waals surface area (Å²) in [5, 5.41) is 3.60. The Morgan fingerprint density at radius 3 is 2.36 bits per heavy atom. The molecule has 1 amide bonds. The third kappa shape index (κ3) is 6.22. The number of nitrogens with one attached hydrogen (secondary N) is 1. The first-order chi connectivity index (χ1) is 13.2. The van der Waals surface area contributed by atoms with E-state index in [2.05, 4.69) is 10.1 Å². The molecule has 5 nitrogen and oxygen atoms in total. The van der Waals surface area contributed by atoms with E-state index in [-0.39, 0.29) is 17.4 Å². The molecule has 0 unspecified atom stereocenters. The number of ether oxygens (including phenoxy) is 2. The molecule has 0 aliphatic carbocycles. The minimum absolute atomic E-state index is 0.0486. The van der Waals surface area contributed by atoms with E-state index < -0.39 is 12.7 Å². The first-order valence-electron chi connectivity index (χ1n) is 8.28. The van der Waals surface area contributed by atoms with Crippen LogP contribution in [0.1, 0.15) is 12.5 Å². The van der Waals surface area contributed by atoms with Crippen molar-refractivity contribution in [3.8, 4) is 11.5 Å². The normalized spacial score (nSPS) is 12.2. The minimum Gasteiger partial charge on any atom is -0.493 e. The molecule has 0 radical (unpaired) electrons. The maximum absolute atomic E-state index is 12.5. The molecule has 0 spiro atoms. The van der Waals surface area contributed by atoms with Gasteiger partial charge in [0.15, 0.2) is 11.5 Å². The van der Waals surface area contributed by atoms with Gasteiger partial charge in [-0.1, -0.05) is 29.3 Å². The Kier molecular flexibility index (Phi) is 7.86. The molecule has 2 aromatic carbocycles. The summed E-state index contributed by atoms with van der Waals surface area (Å²) >= 11 is 11.9. The van der Waals surface area contributed by atoms with Crippen LogP contribution in [0, 0.1) is 0 Å². The summed E-state index contributed by atoms with van der Waals surface area (Å²) < 4.78 is 34.4. The van der Waals surface area contributed by atoms with Gasteiger partial charge in [-0.2, -0.15) is 8.78 Å². The predicted molar refractivity (Wildman–Crippen MR) is 106 cm³/mol. The maximum atomic E-state index is 12.5. The van der Waals surface area contributed by atoms with Gasteiger partial charge in [-0.3, -0.25) is 9.69 Å². The van der Waals surface area contributed by atoms with Crippen LogP contribution in [0.4, 0.5) is 14.5 Å². The van der Waals surface area contributed by atoms with Gasteiger partial charge in [0, 0.05) is 22.3 Å². The zero-order valence-corrected chi connectivity index (χ0v) is 17.0. The molecule has 1 N–H and O–H groups in total. The number of halogens is 4. The summed E-state index contributed by atoms with van der Waals surface area (Å²) in [6.45, 7) is -0.811. The van der Waals surface area contributed by atoms with Crippen molar-refractivity contribution in [2.24, 2.45) is 0 Å². The number of benzene rings is 2. The Labute approximate surface area is 172 Å². The number of nitrogens with zero attached hydrogens (tertiary/aromatic N) is 1. The van der Waals surface area contributed by atoms with E-state index in [4.69, 9.17) is 27.9 Å². The van der Waals surface area contributed by atoms with E-state index in [0.29, 0.717) is 22.3 Å². The van der Waals surface area contributed by atoms with E-state index in [1.54, 1.807) is 49.2 Å². The van der Waals surface area contributed by atoms with Crippen molar-refractivity contribution < 1.29 is 23.0 Å². The molecule has 2 aromatic rings. The van der Waals surface area contributed by atoms with Gasteiger partial charge in [-0.25, -0.2) is 0 Å². The van der Waals surface area contributed by atoms with Crippen molar-refractivity contribution in [2.45, 2.75) is 26.1 Å². The fourth-order valence-electron chi connectivity index (χ4n) is 2.50. The number of methoxy groups -OCH3 is 1. The van der Waals surface area contributed by atoms with Crippen LogP contribution >= 0.6 is 23.2 Å². The first-order valence-corrected chi connectivity index (χ1v) is 9.04. The molecule has 0 saturated carbocycles. The third-order valence-electron chi connectivity index (χ3n) is 4.05. The average molecular weight is 433 g/mol. The number of carbonyl (C=O) groups excluding carboxylic acids is 1. The van der Waals surface area contributed by atoms with Gasteiger partial charge in [0.25, 0.3) is 0 Å². The van der Waals surface area contributed by atoms with Gasteiger partial charge in [0.1, 0.15) is 0 Å². The van der Waals surface area contributed by atoms with Crippen molar-refractivity contribution in [1.29, 1.82) is 0 Å². The SMILES string of the molecule is COc1cc(CN(C)[C@@H](C)C(=O)Nc2cc(Cl)cc(Cl)c2)ccc1OC(F)F. The highest BCUT2D eigenvalue weighted by Gasteiger charge is 2.19. The monoisotopic (exact) mass is 432 g/mol. The maximum Gasteiger partial charge on any atom is 0.387 e. The topological polar surface area (TPSA) is 50.8 Å². The standard InChI is InChI=1S/C19H20Cl2F2N2O3/c1-11(18(26)24-15-8-13(20)7-14(21)9-15)25(2)10-12-4-5-16(28-19(22)23)17(6-12)27-3/h4-9,11,19H,10H2,1-3H3,(H,24,26)/t11-/m0/s1. The number of carbonyl (C=O) groups is 1. The Morgan fingerprint density at radius 2 is 1.79 bits per heavy atom. The quantitative estimate of drug-likeness (QED) is 0.632. The number of likely N-dealkylation sites (N-methyl/N-ethyl adjacent to an activating group) is 1. The number of alkyl halides is 2. The molecule has 28 heavy (non-hydrogen) atoms. The van der Waals surface area contributed by atoms with Gasteiger partial charge in [-0.15, -0.1) is 0 Å². The Hall–Kier alpha value is -2.09. The van der Waals surface area contributed by atoms with Gasteiger partial charge < -0.3 is 14.8 Å². The van der Waals surface area contributed by atoms with Crippen molar-refractivity contribution in [2.75, 3.05) is 19.5 Å². The molecule has 0 fully saturated rings. The molecule has 0 bridgehead atoms. The van der Waals surface area contributed by atoms with E-state index in [0.717, 1.165) is 5.56 Å². The molecule has 0 aliphatic heterocycles. The van der Waals surface area contributed by atoms with Crippen LogP contribution in [0.5, 0.6) is 11.5 Å². The Bertz CT molecular complexity index is 817. The highest BCUT2D eigenvalue weighted by atomic mass is 35.5. The second-order valence-electron chi connectivity index (χ2n) is 6.10. The summed E-state index contributed by atoms with van der Waals surface area (Å²) in [7, 11) is 3.14. The van der Waals surface area contributed by atoms with Gasteiger partial charge in [-0.05, 0) is 49.9 Å². The second kappa shape index (κ2) is 9.91. The van der Waals surface area contributed by atoms with E-state index >= 15 is 0 Å². The van der Waals surface area contributed by atoms with Gasteiger partial charge in [0.05, 0.1) is 13.2 Å². The van der Waals surface area contributed by atoms with E-state index in [9.17, 15) is 13.6 Å². The fraction of sp³-hybridized carbons (Fsp3) is 0.316. The average Bonchev–Trinajstić information content (AvgIpc) is 2.60. The molecule has 0 aliphatic rings. The zero-order valence-electron chi connectivity index (χ0n) is 15.5. The van der Waals surface area contributed by atoms with Crippen LogP contribution in [0.3, 0.4) is 0 Å². The molecule has 9 heteroatoms.